The predicted octanol–water partition coefficient (Wildman–Crippen LogP) is -8.21. The Labute approximate surface area is 314 Å². The van der Waals surface area contributed by atoms with Gasteiger partial charge in [0.05, 0.1) is 38.3 Å². The van der Waals surface area contributed by atoms with Gasteiger partial charge >= 0.3 is 5.97 Å². The first-order valence-corrected chi connectivity index (χ1v) is 17.2. The summed E-state index contributed by atoms with van der Waals surface area (Å²) in [6.07, 6.45) is -1.23. The lowest BCUT2D eigenvalue weighted by atomic mass is 10.1. The number of aliphatic carboxylic acids is 1. The summed E-state index contributed by atoms with van der Waals surface area (Å²) in [7, 11) is 0. The number of rotatable bonds is 23. The van der Waals surface area contributed by atoms with Gasteiger partial charge in [0.25, 0.3) is 0 Å². The maximum Gasteiger partial charge on any atom is 0.305 e. The van der Waals surface area contributed by atoms with Crippen LogP contribution in [-0.4, -0.2) is 160 Å². The zero-order chi connectivity index (χ0) is 41.1. The van der Waals surface area contributed by atoms with Gasteiger partial charge in [-0.3, -0.25) is 48.1 Å². The molecule has 25 heteroatoms. The molecule has 0 spiro atoms. The van der Waals surface area contributed by atoms with Crippen LogP contribution in [0.2, 0.25) is 0 Å². The van der Waals surface area contributed by atoms with Crippen molar-refractivity contribution in [2.45, 2.75) is 81.4 Å². The molecule has 0 aromatic carbocycles. The van der Waals surface area contributed by atoms with Crippen LogP contribution in [0.3, 0.4) is 0 Å². The molecule has 54 heavy (non-hydrogen) atoms. The summed E-state index contributed by atoms with van der Waals surface area (Å²) in [6, 6.07) is -8.29. The van der Waals surface area contributed by atoms with Crippen molar-refractivity contribution in [3.63, 3.8) is 0 Å². The van der Waals surface area contributed by atoms with Crippen molar-refractivity contribution in [3.05, 3.63) is 0 Å². The van der Waals surface area contributed by atoms with E-state index in [-0.39, 0.29) is 37.6 Å². The van der Waals surface area contributed by atoms with Crippen LogP contribution in [-0.2, 0) is 43.2 Å². The second-order valence-corrected chi connectivity index (χ2v) is 12.4. The van der Waals surface area contributed by atoms with E-state index in [0.717, 1.165) is 4.90 Å². The minimum Gasteiger partial charge on any atom is -0.481 e. The van der Waals surface area contributed by atoms with Crippen LogP contribution >= 0.6 is 12.6 Å². The number of nitrogens with two attached hydrogens (primary N) is 4. The molecule has 0 radical (unpaired) electrons. The van der Waals surface area contributed by atoms with Gasteiger partial charge in [0.15, 0.2) is 5.96 Å². The van der Waals surface area contributed by atoms with Gasteiger partial charge in [0.2, 0.25) is 47.3 Å². The van der Waals surface area contributed by atoms with Gasteiger partial charge in [-0.2, -0.15) is 12.6 Å². The number of carbonyl (C=O) groups is 9. The number of aliphatic imine (C=N–C) groups is 1. The number of carboxylic acids is 1. The zero-order valence-electron chi connectivity index (χ0n) is 29.5. The number of amides is 8. The highest BCUT2D eigenvalue weighted by Gasteiger charge is 2.39. The molecule has 8 amide bonds. The SMILES string of the molecule is C[C@@H](O)[C@H](NC(=O)[C@H](CS)NC(=O)[C@H](CO)NC(=O)CNC(=O)[C@@H]1CCCN1C(=O)[C@H](CC(=O)O)NC(=O)CNC(=O)[C@@H](N)CCCN=C(N)N)C(N)=O. The number of carboxylic acid groups (broad SMARTS) is 1. The van der Waals surface area contributed by atoms with Gasteiger partial charge < -0.3 is 75.1 Å². The normalized spacial score (nSPS) is 16.9. The molecular weight excluding hydrogens is 740 g/mol. The molecule has 17 N–H and O–H groups in total. The fraction of sp³-hybridized carbons (Fsp3) is 0.655. The lowest BCUT2D eigenvalue weighted by Crippen LogP contribution is -2.60. The average molecular weight is 791 g/mol. The lowest BCUT2D eigenvalue weighted by Gasteiger charge is -2.28. The number of hydrogen-bond donors (Lipinski definition) is 14. The molecule has 1 aliphatic rings. The number of likely N-dealkylation sites (tertiary alicyclic amines) is 1. The van der Waals surface area contributed by atoms with E-state index in [1.807, 2.05) is 0 Å². The van der Waals surface area contributed by atoms with Crippen molar-refractivity contribution in [2.24, 2.45) is 27.9 Å². The van der Waals surface area contributed by atoms with Gasteiger partial charge in [-0.1, -0.05) is 0 Å². The monoisotopic (exact) mass is 790 g/mol. The third kappa shape index (κ3) is 16.2. The molecule has 24 nitrogen and oxygen atoms in total. The van der Waals surface area contributed by atoms with Crippen LogP contribution in [0.25, 0.3) is 0 Å². The summed E-state index contributed by atoms with van der Waals surface area (Å²) in [5.74, 6) is -9.21. The number of nitrogens with zero attached hydrogens (tertiary/aromatic N) is 2. The highest BCUT2D eigenvalue weighted by atomic mass is 32.1. The number of thiol groups is 1. The largest absolute Gasteiger partial charge is 0.481 e. The molecule has 0 aliphatic carbocycles. The Bertz CT molecular complexity index is 1410. The highest BCUT2D eigenvalue weighted by Crippen LogP contribution is 2.19. The molecule has 1 heterocycles. The van der Waals surface area contributed by atoms with Gasteiger partial charge in [-0.15, -0.1) is 0 Å². The Hall–Kier alpha value is -5.27. The van der Waals surface area contributed by atoms with Gasteiger partial charge in [-0.25, -0.2) is 0 Å². The molecule has 1 saturated heterocycles. The number of hydrogen-bond acceptors (Lipinski definition) is 14. The van der Waals surface area contributed by atoms with Crippen LogP contribution in [0.15, 0.2) is 4.99 Å². The maximum atomic E-state index is 13.4. The summed E-state index contributed by atoms with van der Waals surface area (Å²) in [5.41, 5.74) is 21.4. The van der Waals surface area contributed by atoms with E-state index in [9.17, 15) is 58.5 Å². The van der Waals surface area contributed by atoms with Crippen LogP contribution in [0.1, 0.15) is 39.0 Å². The number of nitrogens with one attached hydrogen (secondary N) is 6. The third-order valence-corrected chi connectivity index (χ3v) is 8.10. The minimum absolute atomic E-state index is 0.00456. The minimum atomic E-state index is -1.63. The Kier molecular flexibility index (Phi) is 20.3. The second-order valence-electron chi connectivity index (χ2n) is 12.1. The summed E-state index contributed by atoms with van der Waals surface area (Å²) >= 11 is 3.97. The van der Waals surface area contributed by atoms with E-state index in [1.165, 1.54) is 6.92 Å². The van der Waals surface area contributed by atoms with Crippen molar-refractivity contribution in [3.8, 4) is 0 Å². The van der Waals surface area contributed by atoms with Gasteiger partial charge in [0.1, 0.15) is 30.2 Å². The molecule has 0 saturated carbocycles. The summed E-state index contributed by atoms with van der Waals surface area (Å²) in [5, 5.41) is 42.1. The molecule has 1 fully saturated rings. The Morgan fingerprint density at radius 3 is 2.00 bits per heavy atom. The van der Waals surface area contributed by atoms with E-state index < -0.39 is 122 Å². The Morgan fingerprint density at radius 1 is 0.870 bits per heavy atom. The summed E-state index contributed by atoms with van der Waals surface area (Å²) in [6.45, 7) is -0.891. The van der Waals surface area contributed by atoms with Crippen LogP contribution < -0.4 is 54.8 Å². The number of carbonyl (C=O) groups excluding carboxylic acids is 8. The van der Waals surface area contributed by atoms with Crippen LogP contribution in [0.4, 0.5) is 0 Å². The van der Waals surface area contributed by atoms with E-state index in [2.05, 4.69) is 49.5 Å². The van der Waals surface area contributed by atoms with Crippen molar-refractivity contribution in [1.29, 1.82) is 0 Å². The fourth-order valence-corrected chi connectivity index (χ4v) is 5.20. The van der Waals surface area contributed by atoms with Crippen molar-refractivity contribution in [1.82, 2.24) is 36.8 Å². The first-order chi connectivity index (χ1) is 25.3. The molecule has 304 valence electrons. The summed E-state index contributed by atoms with van der Waals surface area (Å²) < 4.78 is 0. The standard InChI is InChI=1S/C29H50N12O12S/c1-13(43)22(23(31)48)40-26(51)17(12-54)39-25(50)16(11-42)38-20(45)10-36-27(52)18-5-3-7-41(18)28(53)15(8-21(46)47)37-19(44)9-35-24(49)14(30)4-2-6-34-29(32)33/h13-18,22,42-43,54H,2-12,30H2,1H3,(H2,31,48)(H,35,49)(H,36,52)(H,37,44)(H,38,45)(H,39,50)(H,40,51)(H,46,47)(H4,32,33,34)/t13-,14+,15+,16+,17+,18+,22+/m1/s1. The first kappa shape index (κ1) is 46.8. The van der Waals surface area contributed by atoms with Crippen LogP contribution in [0.5, 0.6) is 0 Å². The average Bonchev–Trinajstić information content (AvgIpc) is 3.60. The summed E-state index contributed by atoms with van der Waals surface area (Å²) in [4.78, 5) is 117. The Balaban J connectivity index is 2.78. The number of guanidine groups is 1. The third-order valence-electron chi connectivity index (χ3n) is 7.74. The van der Waals surface area contributed by atoms with E-state index in [4.69, 9.17) is 22.9 Å². The van der Waals surface area contributed by atoms with E-state index in [1.54, 1.807) is 0 Å². The molecule has 0 aromatic rings. The number of primary amides is 1. The zero-order valence-corrected chi connectivity index (χ0v) is 30.4. The number of aliphatic hydroxyl groups excluding tert-OH is 2. The fourth-order valence-electron chi connectivity index (χ4n) is 4.95. The van der Waals surface area contributed by atoms with Gasteiger partial charge in [-0.05, 0) is 32.6 Å². The smallest absolute Gasteiger partial charge is 0.305 e. The van der Waals surface area contributed by atoms with Crippen molar-refractivity contribution < 1.29 is 58.5 Å². The molecule has 1 rings (SSSR count). The van der Waals surface area contributed by atoms with E-state index in [0.29, 0.717) is 12.8 Å². The lowest BCUT2D eigenvalue weighted by molar-refractivity contribution is -0.146. The molecule has 0 unspecified atom stereocenters. The predicted molar refractivity (Wildman–Crippen MR) is 190 cm³/mol. The molecule has 0 aromatic heterocycles. The highest BCUT2D eigenvalue weighted by molar-refractivity contribution is 7.80. The van der Waals surface area contributed by atoms with Crippen molar-refractivity contribution >= 4 is 71.8 Å². The van der Waals surface area contributed by atoms with E-state index >= 15 is 0 Å². The van der Waals surface area contributed by atoms with Crippen LogP contribution in [0, 0.1) is 0 Å². The molecular formula is C29H50N12O12S. The molecule has 0 bridgehead atoms. The first-order valence-electron chi connectivity index (χ1n) is 16.6. The second kappa shape index (κ2) is 23.4. The quantitative estimate of drug-likeness (QED) is 0.0198. The molecule has 1 aliphatic heterocycles. The maximum absolute atomic E-state index is 13.4. The Morgan fingerprint density at radius 2 is 1.46 bits per heavy atom. The molecule has 7 atom stereocenters. The number of aliphatic hydroxyl groups is 2. The van der Waals surface area contributed by atoms with Crippen molar-refractivity contribution in [2.75, 3.05) is 38.5 Å². The van der Waals surface area contributed by atoms with Gasteiger partial charge in [0, 0.05) is 18.8 Å². The topological polar surface area (TPSA) is 406 Å².